The molecule has 136 valence electrons. The second-order valence-corrected chi connectivity index (χ2v) is 13.7. The summed E-state index contributed by atoms with van der Waals surface area (Å²) in [7, 11) is -1.81. The van der Waals surface area contributed by atoms with E-state index in [1.165, 1.54) is 11.3 Å². The summed E-state index contributed by atoms with van der Waals surface area (Å²) in [5.41, 5.74) is 0.426. The Balaban J connectivity index is 1.83. The molecule has 1 atom stereocenters. The van der Waals surface area contributed by atoms with Crippen LogP contribution in [0.5, 0.6) is 0 Å². The lowest BCUT2D eigenvalue weighted by molar-refractivity contribution is 0.0920. The van der Waals surface area contributed by atoms with E-state index >= 15 is 0 Å². The second-order valence-electron chi connectivity index (χ2n) is 8.02. The number of carbonyl (C=O) groups excluding carboxylic acids is 1. The maximum atomic E-state index is 12.3. The first-order valence-corrected chi connectivity index (χ1v) is 12.1. The van der Waals surface area contributed by atoms with Crippen molar-refractivity contribution in [3.8, 4) is 0 Å². The van der Waals surface area contributed by atoms with Gasteiger partial charge in [-0.05, 0) is 25.1 Å². The topological polar surface area (TPSA) is 74.7 Å². The number of rotatable bonds is 6. The highest BCUT2D eigenvalue weighted by molar-refractivity contribution is 7.14. The van der Waals surface area contributed by atoms with Crippen LogP contribution in [0.25, 0.3) is 0 Å². The number of aliphatic hydroxyl groups excluding tert-OH is 1. The van der Waals surface area contributed by atoms with Crippen LogP contribution in [0.2, 0.25) is 18.1 Å². The van der Waals surface area contributed by atoms with Gasteiger partial charge in [0.1, 0.15) is 5.69 Å². The Hall–Kier alpha value is -0.963. The maximum absolute atomic E-state index is 12.3. The summed E-state index contributed by atoms with van der Waals surface area (Å²) >= 11 is 1.43. The Labute approximate surface area is 149 Å². The number of nitrogens with zero attached hydrogens (tertiary/aromatic N) is 2. The summed E-state index contributed by atoms with van der Waals surface area (Å²) in [6.07, 6.45) is -0.279. The van der Waals surface area contributed by atoms with E-state index in [4.69, 9.17) is 4.43 Å². The molecule has 0 aromatic carbocycles. The molecule has 0 saturated carbocycles. The molecule has 0 spiro atoms. The molecular weight excluding hydrogens is 342 g/mol. The number of anilines is 1. The third-order valence-electron chi connectivity index (χ3n) is 4.74. The SMILES string of the molecule is C[C@@H](CO[Si](C)(C)C(C)(C)C)NC(=O)c1csc(N2CC(O)C2)n1. The van der Waals surface area contributed by atoms with Crippen molar-refractivity contribution in [1.82, 2.24) is 10.3 Å². The molecule has 1 fully saturated rings. The predicted molar refractivity (Wildman–Crippen MR) is 100 cm³/mol. The smallest absolute Gasteiger partial charge is 0.271 e. The highest BCUT2D eigenvalue weighted by Crippen LogP contribution is 2.36. The second kappa shape index (κ2) is 7.11. The van der Waals surface area contributed by atoms with Crippen molar-refractivity contribution in [2.45, 2.75) is 58.0 Å². The van der Waals surface area contributed by atoms with Gasteiger partial charge in [0.15, 0.2) is 13.4 Å². The van der Waals surface area contributed by atoms with Crippen LogP contribution in [0.1, 0.15) is 38.2 Å². The first-order chi connectivity index (χ1) is 11.0. The number of hydrogen-bond acceptors (Lipinski definition) is 6. The minimum absolute atomic E-state index is 0.0670. The zero-order valence-corrected chi connectivity index (χ0v) is 17.2. The molecule has 1 aliphatic heterocycles. The molecule has 1 saturated heterocycles. The molecule has 8 heteroatoms. The van der Waals surface area contributed by atoms with Gasteiger partial charge in [-0.25, -0.2) is 4.98 Å². The Kier molecular flexibility index (Phi) is 5.74. The van der Waals surface area contributed by atoms with Crippen LogP contribution in [-0.4, -0.2) is 56.2 Å². The molecule has 0 unspecified atom stereocenters. The molecule has 2 rings (SSSR count). The zero-order chi connectivity index (χ0) is 18.1. The average molecular weight is 372 g/mol. The normalized spacial score (nSPS) is 17.5. The lowest BCUT2D eigenvalue weighted by Gasteiger charge is -2.37. The van der Waals surface area contributed by atoms with Crippen molar-refractivity contribution in [2.24, 2.45) is 0 Å². The monoisotopic (exact) mass is 371 g/mol. The number of hydrogen-bond donors (Lipinski definition) is 2. The molecule has 1 aromatic heterocycles. The molecule has 1 aliphatic rings. The molecule has 2 N–H and O–H groups in total. The first kappa shape index (κ1) is 19.4. The van der Waals surface area contributed by atoms with E-state index in [0.717, 1.165) is 5.13 Å². The molecule has 0 aliphatic carbocycles. The van der Waals surface area contributed by atoms with Gasteiger partial charge in [0.2, 0.25) is 0 Å². The number of β-amino-alcohol motifs (C(OH)–C–C–N with tert-alkyl or cyclic N) is 1. The minimum atomic E-state index is -1.81. The van der Waals surface area contributed by atoms with E-state index in [0.29, 0.717) is 25.4 Å². The summed E-state index contributed by atoms with van der Waals surface area (Å²) in [5.74, 6) is -0.176. The third-order valence-corrected chi connectivity index (χ3v) is 10.1. The lowest BCUT2D eigenvalue weighted by atomic mass is 10.2. The number of carbonyl (C=O) groups is 1. The Morgan fingerprint density at radius 3 is 2.71 bits per heavy atom. The number of amides is 1. The van der Waals surface area contributed by atoms with Crippen molar-refractivity contribution in [3.63, 3.8) is 0 Å². The average Bonchev–Trinajstić information content (AvgIpc) is 2.90. The van der Waals surface area contributed by atoms with Crippen LogP contribution < -0.4 is 10.2 Å². The molecule has 0 radical (unpaired) electrons. The van der Waals surface area contributed by atoms with Gasteiger partial charge in [-0.1, -0.05) is 20.8 Å². The standard InChI is InChI=1S/C16H29N3O3SSi/c1-11(9-22-24(5,6)16(2,3)4)17-14(21)13-10-23-15(18-13)19-7-12(20)8-19/h10-12,20H,7-9H2,1-6H3,(H,17,21)/t11-/m0/s1. The van der Waals surface area contributed by atoms with Crippen LogP contribution in [-0.2, 0) is 4.43 Å². The fraction of sp³-hybridized carbons (Fsp3) is 0.750. The Bertz CT molecular complexity index is 579. The summed E-state index contributed by atoms with van der Waals surface area (Å²) in [5, 5.41) is 15.0. The van der Waals surface area contributed by atoms with Crippen molar-refractivity contribution in [2.75, 3.05) is 24.6 Å². The predicted octanol–water partition coefficient (Wildman–Crippen LogP) is 2.46. The van der Waals surface area contributed by atoms with E-state index in [2.05, 4.69) is 44.2 Å². The van der Waals surface area contributed by atoms with Crippen LogP contribution >= 0.6 is 11.3 Å². The van der Waals surface area contributed by atoms with E-state index in [9.17, 15) is 9.90 Å². The van der Waals surface area contributed by atoms with E-state index < -0.39 is 8.32 Å². The van der Waals surface area contributed by atoms with E-state index in [1.807, 2.05) is 11.8 Å². The highest BCUT2D eigenvalue weighted by Gasteiger charge is 2.37. The molecule has 24 heavy (non-hydrogen) atoms. The van der Waals surface area contributed by atoms with E-state index in [-0.39, 0.29) is 23.1 Å². The molecule has 6 nitrogen and oxygen atoms in total. The van der Waals surface area contributed by atoms with Crippen LogP contribution in [0.3, 0.4) is 0 Å². The van der Waals surface area contributed by atoms with Gasteiger partial charge in [-0.15, -0.1) is 11.3 Å². The van der Waals surface area contributed by atoms with E-state index in [1.54, 1.807) is 5.38 Å². The van der Waals surface area contributed by atoms with Crippen LogP contribution in [0.4, 0.5) is 5.13 Å². The van der Waals surface area contributed by atoms with Crippen LogP contribution in [0.15, 0.2) is 5.38 Å². The fourth-order valence-electron chi connectivity index (χ4n) is 2.01. The van der Waals surface area contributed by atoms with Gasteiger partial charge in [0, 0.05) is 24.5 Å². The Morgan fingerprint density at radius 1 is 1.54 bits per heavy atom. The number of aliphatic hydroxyl groups is 1. The van der Waals surface area contributed by atoms with Gasteiger partial charge in [0.25, 0.3) is 5.91 Å². The number of aromatic nitrogens is 1. The molecular formula is C16H29N3O3SSi. The zero-order valence-electron chi connectivity index (χ0n) is 15.4. The summed E-state index contributed by atoms with van der Waals surface area (Å²) in [6.45, 7) is 14.6. The van der Waals surface area contributed by atoms with Gasteiger partial charge in [-0.2, -0.15) is 0 Å². The summed E-state index contributed by atoms with van der Waals surface area (Å²) < 4.78 is 6.14. The van der Waals surface area contributed by atoms with Gasteiger partial charge < -0.3 is 19.7 Å². The lowest BCUT2D eigenvalue weighted by Crippen LogP contribution is -2.50. The summed E-state index contributed by atoms with van der Waals surface area (Å²) in [6, 6.07) is -0.0670. The van der Waals surface area contributed by atoms with Crippen LogP contribution in [0, 0.1) is 0 Å². The first-order valence-electron chi connectivity index (χ1n) is 8.33. The molecule has 2 heterocycles. The largest absolute Gasteiger partial charge is 0.415 e. The molecule has 1 aromatic rings. The number of thiazole rings is 1. The molecule has 0 bridgehead atoms. The van der Waals surface area contributed by atoms with Gasteiger partial charge >= 0.3 is 0 Å². The highest BCUT2D eigenvalue weighted by atomic mass is 32.1. The number of nitrogens with one attached hydrogen (secondary N) is 1. The minimum Gasteiger partial charge on any atom is -0.415 e. The van der Waals surface area contributed by atoms with Crippen molar-refractivity contribution in [3.05, 3.63) is 11.1 Å². The van der Waals surface area contributed by atoms with Gasteiger partial charge in [-0.3, -0.25) is 4.79 Å². The quantitative estimate of drug-likeness (QED) is 0.752. The maximum Gasteiger partial charge on any atom is 0.271 e. The van der Waals surface area contributed by atoms with Gasteiger partial charge in [0.05, 0.1) is 12.7 Å². The van der Waals surface area contributed by atoms with Crippen molar-refractivity contribution >= 4 is 30.7 Å². The molecule has 1 amide bonds. The summed E-state index contributed by atoms with van der Waals surface area (Å²) in [4.78, 5) is 18.6. The van der Waals surface area contributed by atoms with Crippen molar-refractivity contribution < 1.29 is 14.3 Å². The van der Waals surface area contributed by atoms with Crippen molar-refractivity contribution in [1.29, 1.82) is 0 Å². The fourth-order valence-corrected chi connectivity index (χ4v) is 3.94. The Morgan fingerprint density at radius 2 is 2.17 bits per heavy atom. The third kappa shape index (κ3) is 4.56.